The molecule has 0 aliphatic carbocycles. The third-order valence-corrected chi connectivity index (χ3v) is 4.18. The van der Waals surface area contributed by atoms with Crippen LogP contribution < -0.4 is 5.32 Å². The minimum absolute atomic E-state index is 0.220. The molecule has 1 amide bonds. The summed E-state index contributed by atoms with van der Waals surface area (Å²) in [7, 11) is 0. The Hall–Kier alpha value is -1.59. The molecule has 0 fully saturated rings. The highest BCUT2D eigenvalue weighted by atomic mass is 35.5. The summed E-state index contributed by atoms with van der Waals surface area (Å²) in [4.78, 5) is 12.8. The maximum atomic E-state index is 13.0. The molecule has 2 nitrogen and oxygen atoms in total. The zero-order chi connectivity index (χ0) is 15.9. The van der Waals surface area contributed by atoms with Crippen LogP contribution in [-0.4, -0.2) is 11.7 Å². The lowest BCUT2D eigenvalue weighted by atomic mass is 10.2. The van der Waals surface area contributed by atoms with Crippen molar-refractivity contribution in [3.8, 4) is 0 Å². The van der Waals surface area contributed by atoms with Gasteiger partial charge in [0.15, 0.2) is 11.6 Å². The van der Waals surface area contributed by atoms with E-state index in [1.54, 1.807) is 11.8 Å². The summed E-state index contributed by atoms with van der Waals surface area (Å²) in [5.74, 6) is -1.34. The highest BCUT2D eigenvalue weighted by Crippen LogP contribution is 2.21. The SMILES string of the molecule is O=C(CCCSc1ccc(Cl)cc1)Nc1ccc(F)c(F)c1. The fraction of sp³-hybridized carbons (Fsp3) is 0.188. The summed E-state index contributed by atoms with van der Waals surface area (Å²) >= 11 is 7.43. The Labute approximate surface area is 136 Å². The summed E-state index contributed by atoms with van der Waals surface area (Å²) in [6, 6.07) is 10.8. The van der Waals surface area contributed by atoms with E-state index in [1.165, 1.54) is 6.07 Å². The molecule has 0 saturated heterocycles. The van der Waals surface area contributed by atoms with Crippen LogP contribution in [-0.2, 0) is 4.79 Å². The number of rotatable bonds is 6. The van der Waals surface area contributed by atoms with Crippen LogP contribution in [0, 0.1) is 11.6 Å². The average Bonchev–Trinajstić information content (AvgIpc) is 2.49. The van der Waals surface area contributed by atoms with Crippen molar-refractivity contribution >= 4 is 35.0 Å². The molecule has 2 aromatic rings. The minimum atomic E-state index is -0.976. The molecule has 2 rings (SSSR count). The number of carbonyl (C=O) groups excluding carboxylic acids is 1. The van der Waals surface area contributed by atoms with Gasteiger partial charge in [0.1, 0.15) is 0 Å². The number of carbonyl (C=O) groups is 1. The molecule has 0 radical (unpaired) electrons. The molecule has 0 saturated carbocycles. The molecular weight excluding hydrogens is 328 g/mol. The number of hydrogen-bond donors (Lipinski definition) is 1. The molecule has 0 aromatic heterocycles. The van der Waals surface area contributed by atoms with Gasteiger partial charge in [-0.3, -0.25) is 4.79 Å². The van der Waals surface area contributed by atoms with Gasteiger partial charge in [0, 0.05) is 28.1 Å². The van der Waals surface area contributed by atoms with Crippen LogP contribution in [0.25, 0.3) is 0 Å². The summed E-state index contributed by atoms with van der Waals surface area (Å²) < 4.78 is 25.8. The van der Waals surface area contributed by atoms with Crippen LogP contribution >= 0.6 is 23.4 Å². The second-order valence-electron chi connectivity index (χ2n) is 4.58. The molecule has 6 heteroatoms. The number of hydrogen-bond acceptors (Lipinski definition) is 2. The molecule has 2 aromatic carbocycles. The molecule has 0 aliphatic rings. The molecular formula is C16H14ClF2NOS. The van der Waals surface area contributed by atoms with Crippen molar-refractivity contribution in [2.75, 3.05) is 11.1 Å². The predicted molar refractivity (Wildman–Crippen MR) is 86.4 cm³/mol. The Bertz CT molecular complexity index is 649. The lowest BCUT2D eigenvalue weighted by molar-refractivity contribution is -0.116. The fourth-order valence-electron chi connectivity index (χ4n) is 1.75. The van der Waals surface area contributed by atoms with Gasteiger partial charge < -0.3 is 5.32 Å². The van der Waals surface area contributed by atoms with Crippen LogP contribution in [0.1, 0.15) is 12.8 Å². The average molecular weight is 342 g/mol. The highest BCUT2D eigenvalue weighted by molar-refractivity contribution is 7.99. The van der Waals surface area contributed by atoms with Crippen LogP contribution in [0.5, 0.6) is 0 Å². The fourth-order valence-corrected chi connectivity index (χ4v) is 2.73. The first kappa shape index (κ1) is 16.8. The zero-order valence-electron chi connectivity index (χ0n) is 11.6. The first-order valence-electron chi connectivity index (χ1n) is 6.68. The molecule has 1 N–H and O–H groups in total. The van der Waals surface area contributed by atoms with Gasteiger partial charge in [-0.15, -0.1) is 11.8 Å². The molecule has 0 spiro atoms. The van der Waals surface area contributed by atoms with Gasteiger partial charge in [-0.2, -0.15) is 0 Å². The zero-order valence-corrected chi connectivity index (χ0v) is 13.2. The second-order valence-corrected chi connectivity index (χ2v) is 6.19. The third kappa shape index (κ3) is 5.31. The van der Waals surface area contributed by atoms with Gasteiger partial charge in [-0.05, 0) is 48.6 Å². The van der Waals surface area contributed by atoms with E-state index < -0.39 is 11.6 Å². The van der Waals surface area contributed by atoms with Crippen molar-refractivity contribution in [1.29, 1.82) is 0 Å². The molecule has 0 unspecified atom stereocenters. The molecule has 0 atom stereocenters. The number of halogens is 3. The minimum Gasteiger partial charge on any atom is -0.326 e. The molecule has 22 heavy (non-hydrogen) atoms. The Balaban J connectivity index is 1.71. The maximum Gasteiger partial charge on any atom is 0.224 e. The number of anilines is 1. The van der Waals surface area contributed by atoms with Crippen molar-refractivity contribution in [2.45, 2.75) is 17.7 Å². The normalized spacial score (nSPS) is 10.5. The summed E-state index contributed by atoms with van der Waals surface area (Å²) in [6.07, 6.45) is 1.00. The smallest absolute Gasteiger partial charge is 0.224 e. The summed E-state index contributed by atoms with van der Waals surface area (Å²) in [5.41, 5.74) is 0.259. The topological polar surface area (TPSA) is 29.1 Å². The van der Waals surface area contributed by atoms with E-state index in [4.69, 9.17) is 11.6 Å². The van der Waals surface area contributed by atoms with Gasteiger partial charge in [0.2, 0.25) is 5.91 Å². The summed E-state index contributed by atoms with van der Waals surface area (Å²) in [5, 5.41) is 3.23. The van der Waals surface area contributed by atoms with E-state index in [1.807, 2.05) is 24.3 Å². The van der Waals surface area contributed by atoms with Gasteiger partial charge >= 0.3 is 0 Å². The third-order valence-electron chi connectivity index (χ3n) is 2.83. The maximum absolute atomic E-state index is 13.0. The van der Waals surface area contributed by atoms with E-state index in [0.717, 1.165) is 22.8 Å². The van der Waals surface area contributed by atoms with Crippen LogP contribution in [0.15, 0.2) is 47.4 Å². The second kappa shape index (κ2) is 8.15. The monoisotopic (exact) mass is 341 g/mol. The molecule has 0 heterocycles. The van der Waals surface area contributed by atoms with E-state index in [0.29, 0.717) is 17.9 Å². The predicted octanol–water partition coefficient (Wildman–Crippen LogP) is 5.13. The lowest BCUT2D eigenvalue weighted by Crippen LogP contribution is -2.11. The Morgan fingerprint density at radius 1 is 1.09 bits per heavy atom. The van der Waals surface area contributed by atoms with Crippen molar-refractivity contribution in [1.82, 2.24) is 0 Å². The number of thioether (sulfide) groups is 1. The van der Waals surface area contributed by atoms with E-state index in [9.17, 15) is 13.6 Å². The standard InChI is InChI=1S/C16H14ClF2NOS/c17-11-3-6-13(7-4-11)22-9-1-2-16(21)20-12-5-8-14(18)15(19)10-12/h3-8,10H,1-2,9H2,(H,20,21). The van der Waals surface area contributed by atoms with E-state index in [2.05, 4.69) is 5.32 Å². The number of nitrogens with one attached hydrogen (secondary N) is 1. The number of benzene rings is 2. The lowest BCUT2D eigenvalue weighted by Gasteiger charge is -2.06. The largest absolute Gasteiger partial charge is 0.326 e. The van der Waals surface area contributed by atoms with Gasteiger partial charge in [-0.25, -0.2) is 8.78 Å². The number of amides is 1. The van der Waals surface area contributed by atoms with E-state index in [-0.39, 0.29) is 11.6 Å². The van der Waals surface area contributed by atoms with Crippen molar-refractivity contribution < 1.29 is 13.6 Å². The highest BCUT2D eigenvalue weighted by Gasteiger charge is 2.06. The van der Waals surface area contributed by atoms with Crippen molar-refractivity contribution in [3.05, 3.63) is 59.1 Å². The first-order valence-corrected chi connectivity index (χ1v) is 8.04. The van der Waals surface area contributed by atoms with Crippen molar-refractivity contribution in [3.63, 3.8) is 0 Å². The Morgan fingerprint density at radius 2 is 1.82 bits per heavy atom. The Kier molecular flexibility index (Phi) is 6.21. The van der Waals surface area contributed by atoms with Crippen LogP contribution in [0.4, 0.5) is 14.5 Å². The quantitative estimate of drug-likeness (QED) is 0.583. The van der Waals surface area contributed by atoms with Crippen LogP contribution in [0.2, 0.25) is 5.02 Å². The molecule has 0 aliphatic heterocycles. The van der Waals surface area contributed by atoms with Crippen LogP contribution in [0.3, 0.4) is 0 Å². The van der Waals surface area contributed by atoms with E-state index >= 15 is 0 Å². The summed E-state index contributed by atoms with van der Waals surface area (Å²) in [6.45, 7) is 0. The Morgan fingerprint density at radius 3 is 2.50 bits per heavy atom. The van der Waals surface area contributed by atoms with Gasteiger partial charge in [-0.1, -0.05) is 11.6 Å². The van der Waals surface area contributed by atoms with Gasteiger partial charge in [0.25, 0.3) is 0 Å². The first-order chi connectivity index (χ1) is 10.5. The molecule has 0 bridgehead atoms. The molecule has 116 valence electrons. The van der Waals surface area contributed by atoms with Gasteiger partial charge in [0.05, 0.1) is 0 Å². The van der Waals surface area contributed by atoms with Crippen molar-refractivity contribution in [2.24, 2.45) is 0 Å².